The second kappa shape index (κ2) is 5.17. The van der Waals surface area contributed by atoms with Gasteiger partial charge in [-0.2, -0.15) is 5.10 Å². The van der Waals surface area contributed by atoms with Crippen LogP contribution in [0.2, 0.25) is 0 Å². The van der Waals surface area contributed by atoms with Crippen LogP contribution in [-0.2, 0) is 0 Å². The molecule has 1 aliphatic rings. The van der Waals surface area contributed by atoms with Gasteiger partial charge >= 0.3 is 0 Å². The molecule has 0 saturated heterocycles. The lowest BCUT2D eigenvalue weighted by Crippen LogP contribution is -2.10. The highest BCUT2D eigenvalue weighted by Gasteiger charge is 2.04. The molecule has 17 heavy (non-hydrogen) atoms. The maximum Gasteiger partial charge on any atom is 0.0545 e. The number of benzene rings is 1. The van der Waals surface area contributed by atoms with E-state index in [4.69, 9.17) is 0 Å². The van der Waals surface area contributed by atoms with Crippen LogP contribution in [0.25, 0.3) is 5.57 Å². The Kier molecular flexibility index (Phi) is 3.62. The van der Waals surface area contributed by atoms with E-state index < -0.39 is 0 Å². The third kappa shape index (κ3) is 2.96. The molecule has 2 nitrogen and oxygen atoms in total. The first kappa shape index (κ1) is 11.9. The molecule has 0 unspecified atom stereocenters. The summed E-state index contributed by atoms with van der Waals surface area (Å²) in [6.45, 7) is 5.43. The summed E-state index contributed by atoms with van der Waals surface area (Å²) in [7, 11) is 2.01. The van der Waals surface area contributed by atoms with Crippen LogP contribution >= 0.6 is 0 Å². The summed E-state index contributed by atoms with van der Waals surface area (Å²) in [6.07, 6.45) is 5.27. The summed E-state index contributed by atoms with van der Waals surface area (Å²) in [4.78, 5) is 0. The zero-order valence-corrected chi connectivity index (χ0v) is 10.9. The molecule has 0 radical (unpaired) electrons. The molecular weight excluding hydrogens is 208 g/mol. The van der Waals surface area contributed by atoms with Gasteiger partial charge in [0.15, 0.2) is 0 Å². The van der Waals surface area contributed by atoms with E-state index in [0.717, 1.165) is 13.0 Å². The lowest BCUT2D eigenvalue weighted by Gasteiger charge is -2.08. The van der Waals surface area contributed by atoms with Gasteiger partial charge in [-0.3, -0.25) is 5.01 Å². The Morgan fingerprint density at radius 3 is 2.53 bits per heavy atom. The van der Waals surface area contributed by atoms with Crippen molar-refractivity contribution in [3.63, 3.8) is 0 Å². The molecule has 2 heteroatoms. The molecule has 0 aromatic heterocycles. The van der Waals surface area contributed by atoms with Crippen LogP contribution in [0, 0.1) is 0 Å². The fourth-order valence-electron chi connectivity index (χ4n) is 1.93. The predicted octanol–water partition coefficient (Wildman–Crippen LogP) is 3.51. The maximum atomic E-state index is 4.38. The van der Waals surface area contributed by atoms with Crippen LogP contribution in [0.1, 0.15) is 37.3 Å². The molecule has 1 aromatic carbocycles. The van der Waals surface area contributed by atoms with Gasteiger partial charge < -0.3 is 0 Å². The number of allylic oxidation sites excluding steroid dienone is 1. The molecule has 0 spiro atoms. The van der Waals surface area contributed by atoms with E-state index in [1.807, 2.05) is 18.3 Å². The Morgan fingerprint density at radius 2 is 1.88 bits per heavy atom. The zero-order chi connectivity index (χ0) is 12.3. The summed E-state index contributed by atoms with van der Waals surface area (Å²) in [5.74, 6) is 0.590. The predicted molar refractivity (Wildman–Crippen MR) is 74.2 cm³/mol. The standard InChI is InChI=1S/C15H20N2/c1-12(2)13-6-8-14(9-7-13)15-5-4-10-17(3)16-11-15/h5-9,11-12H,4,10H2,1-3H3. The minimum Gasteiger partial charge on any atom is -0.300 e. The van der Waals surface area contributed by atoms with Gasteiger partial charge in [0, 0.05) is 13.6 Å². The number of hydrogen-bond donors (Lipinski definition) is 0. The van der Waals surface area contributed by atoms with Gasteiger partial charge in [0.25, 0.3) is 0 Å². The first-order chi connectivity index (χ1) is 8.16. The number of nitrogens with zero attached hydrogens (tertiary/aromatic N) is 2. The first-order valence-corrected chi connectivity index (χ1v) is 6.22. The Labute approximate surface area is 104 Å². The van der Waals surface area contributed by atoms with Crippen molar-refractivity contribution in [2.45, 2.75) is 26.2 Å². The van der Waals surface area contributed by atoms with Gasteiger partial charge in [-0.05, 0) is 29.0 Å². The second-order valence-corrected chi connectivity index (χ2v) is 4.85. The molecule has 0 amide bonds. The van der Waals surface area contributed by atoms with Crippen LogP contribution in [-0.4, -0.2) is 24.8 Å². The molecule has 1 heterocycles. The summed E-state index contributed by atoms with van der Waals surface area (Å²) in [6, 6.07) is 8.81. The van der Waals surface area contributed by atoms with Crippen LogP contribution < -0.4 is 0 Å². The van der Waals surface area contributed by atoms with E-state index in [2.05, 4.69) is 49.3 Å². The first-order valence-electron chi connectivity index (χ1n) is 6.22. The molecule has 0 atom stereocenters. The van der Waals surface area contributed by atoms with Crippen LogP contribution in [0.5, 0.6) is 0 Å². The third-order valence-electron chi connectivity index (χ3n) is 3.12. The normalized spacial score (nSPS) is 16.0. The number of hydrazone groups is 1. The fourth-order valence-corrected chi connectivity index (χ4v) is 1.93. The van der Waals surface area contributed by atoms with Gasteiger partial charge in [-0.15, -0.1) is 0 Å². The van der Waals surface area contributed by atoms with E-state index in [1.54, 1.807) is 0 Å². The second-order valence-electron chi connectivity index (χ2n) is 4.85. The molecule has 2 rings (SSSR count). The van der Waals surface area contributed by atoms with Gasteiger partial charge in [0.05, 0.1) is 6.21 Å². The average molecular weight is 228 g/mol. The third-order valence-corrected chi connectivity index (χ3v) is 3.12. The summed E-state index contributed by atoms with van der Waals surface area (Å²) in [5.41, 5.74) is 3.87. The molecule has 0 aliphatic carbocycles. The molecule has 0 bridgehead atoms. The summed E-state index contributed by atoms with van der Waals surface area (Å²) >= 11 is 0. The Bertz CT molecular complexity index is 427. The quantitative estimate of drug-likeness (QED) is 0.756. The van der Waals surface area contributed by atoms with E-state index >= 15 is 0 Å². The topological polar surface area (TPSA) is 15.6 Å². The molecule has 0 fully saturated rings. The van der Waals surface area contributed by atoms with Crippen molar-refractivity contribution >= 4 is 11.8 Å². The van der Waals surface area contributed by atoms with Crippen molar-refractivity contribution in [1.29, 1.82) is 0 Å². The lowest BCUT2D eigenvalue weighted by molar-refractivity contribution is 0.366. The van der Waals surface area contributed by atoms with E-state index in [0.29, 0.717) is 5.92 Å². The molecule has 0 saturated carbocycles. The van der Waals surface area contributed by atoms with Crippen molar-refractivity contribution < 1.29 is 0 Å². The van der Waals surface area contributed by atoms with Crippen molar-refractivity contribution in [3.8, 4) is 0 Å². The minimum absolute atomic E-state index is 0.590. The fraction of sp³-hybridized carbons (Fsp3) is 0.400. The molecule has 1 aliphatic heterocycles. The smallest absolute Gasteiger partial charge is 0.0545 e. The average Bonchev–Trinajstić information content (AvgIpc) is 2.54. The van der Waals surface area contributed by atoms with Crippen LogP contribution in [0.4, 0.5) is 0 Å². The molecular formula is C15H20N2. The number of rotatable bonds is 2. The van der Waals surface area contributed by atoms with Crippen molar-refractivity contribution in [2.24, 2.45) is 5.10 Å². The van der Waals surface area contributed by atoms with Gasteiger partial charge in [0.2, 0.25) is 0 Å². The molecule has 90 valence electrons. The Hall–Kier alpha value is -1.57. The van der Waals surface area contributed by atoms with Crippen molar-refractivity contribution in [2.75, 3.05) is 13.6 Å². The Balaban J connectivity index is 2.22. The summed E-state index contributed by atoms with van der Waals surface area (Å²) in [5, 5.41) is 6.36. The largest absolute Gasteiger partial charge is 0.300 e. The SMILES string of the molecule is CC(C)c1ccc(C2=CCCN(C)N=C2)cc1. The zero-order valence-electron chi connectivity index (χ0n) is 10.9. The van der Waals surface area contributed by atoms with Crippen molar-refractivity contribution in [3.05, 3.63) is 41.5 Å². The maximum absolute atomic E-state index is 4.38. The van der Waals surface area contributed by atoms with E-state index in [-0.39, 0.29) is 0 Å². The van der Waals surface area contributed by atoms with Gasteiger partial charge in [0.1, 0.15) is 0 Å². The van der Waals surface area contributed by atoms with E-state index in [9.17, 15) is 0 Å². The highest BCUT2D eigenvalue weighted by atomic mass is 15.4. The van der Waals surface area contributed by atoms with Crippen LogP contribution in [0.15, 0.2) is 35.4 Å². The lowest BCUT2D eigenvalue weighted by atomic mass is 9.99. The van der Waals surface area contributed by atoms with Gasteiger partial charge in [-0.1, -0.05) is 44.2 Å². The monoisotopic (exact) mass is 228 g/mol. The minimum atomic E-state index is 0.590. The van der Waals surface area contributed by atoms with E-state index in [1.165, 1.54) is 16.7 Å². The molecule has 1 aromatic rings. The summed E-state index contributed by atoms with van der Waals surface area (Å²) < 4.78 is 0. The number of hydrogen-bond acceptors (Lipinski definition) is 2. The van der Waals surface area contributed by atoms with Crippen molar-refractivity contribution in [1.82, 2.24) is 5.01 Å². The Morgan fingerprint density at radius 1 is 1.18 bits per heavy atom. The highest BCUT2D eigenvalue weighted by Crippen LogP contribution is 2.20. The van der Waals surface area contributed by atoms with Crippen LogP contribution in [0.3, 0.4) is 0 Å². The molecule has 0 N–H and O–H groups in total. The van der Waals surface area contributed by atoms with Gasteiger partial charge in [-0.25, -0.2) is 0 Å². The highest BCUT2D eigenvalue weighted by molar-refractivity contribution is 6.09.